The number of rotatable bonds is 7. The number of carbonyl (C=O) groups is 2. The predicted octanol–water partition coefficient (Wildman–Crippen LogP) is 5.46. The second-order valence-electron chi connectivity index (χ2n) is 12.2. The number of nitrogens with one attached hydrogen (secondary N) is 2. The molecule has 0 bridgehead atoms. The Hall–Kier alpha value is -3.79. The fraction of sp³-hybridized carbons (Fsp3) is 0.607. The number of alkyl halides is 8. The summed E-state index contributed by atoms with van der Waals surface area (Å²) in [6.07, 6.45) is -8.83. The van der Waals surface area contributed by atoms with Crippen molar-refractivity contribution in [3.05, 3.63) is 47.2 Å². The number of amides is 2. The highest BCUT2D eigenvalue weighted by Crippen LogP contribution is 2.59. The average Bonchev–Trinajstić information content (AvgIpc) is 3.44. The second-order valence-corrected chi connectivity index (χ2v) is 12.2. The minimum Gasteiger partial charge on any atom is -0.364 e. The maximum absolute atomic E-state index is 14.0. The van der Waals surface area contributed by atoms with Crippen molar-refractivity contribution < 1.29 is 49.2 Å². The first-order valence-corrected chi connectivity index (χ1v) is 14.5. The van der Waals surface area contributed by atoms with Crippen LogP contribution in [0.2, 0.25) is 0 Å². The van der Waals surface area contributed by atoms with Gasteiger partial charge >= 0.3 is 12.4 Å². The molecule has 2 aliphatic carbocycles. The largest absolute Gasteiger partial charge is 0.400 e. The van der Waals surface area contributed by atoms with Gasteiger partial charge in [0.2, 0.25) is 11.8 Å². The Kier molecular flexibility index (Phi) is 7.58. The molecular weight excluding hydrogens is 620 g/mol. The number of aromatic nitrogens is 4. The Morgan fingerprint density at radius 2 is 1.82 bits per heavy atom. The lowest BCUT2D eigenvalue weighted by Gasteiger charge is -2.33. The van der Waals surface area contributed by atoms with Gasteiger partial charge in [-0.2, -0.15) is 31.4 Å². The molecule has 3 atom stereocenters. The third-order valence-electron chi connectivity index (χ3n) is 9.17. The second kappa shape index (κ2) is 10.9. The molecule has 3 aromatic heterocycles. The Morgan fingerprint density at radius 1 is 1.11 bits per heavy atom. The number of fused-ring (bicyclic) bond motifs is 1. The maximum atomic E-state index is 14.0. The SMILES string of the molecule is O=C(N[C@H](c1cn2nc(CC3C[C@@H](C(F)(F)F)CNC3=O)ccc2n1)C1CCC(F)(F)CC1)c1conc1C1(C(F)(F)F)CC1. The summed E-state index contributed by atoms with van der Waals surface area (Å²) >= 11 is 0. The normalized spacial score (nSPS) is 24.3. The van der Waals surface area contributed by atoms with Crippen LogP contribution in [-0.2, 0) is 16.6 Å². The highest BCUT2D eigenvalue weighted by molar-refractivity contribution is 5.95. The van der Waals surface area contributed by atoms with Gasteiger partial charge in [0.1, 0.15) is 22.9 Å². The van der Waals surface area contributed by atoms with Crippen LogP contribution in [0.1, 0.15) is 78.4 Å². The van der Waals surface area contributed by atoms with Crippen LogP contribution in [0, 0.1) is 17.8 Å². The maximum Gasteiger partial charge on any atom is 0.400 e. The molecule has 3 fully saturated rings. The fourth-order valence-corrected chi connectivity index (χ4v) is 6.35. The van der Waals surface area contributed by atoms with Crippen LogP contribution >= 0.6 is 0 Å². The number of carbonyl (C=O) groups excluding carboxylic acids is 2. The van der Waals surface area contributed by atoms with Crippen molar-refractivity contribution in [2.24, 2.45) is 17.8 Å². The van der Waals surface area contributed by atoms with E-state index in [0.717, 1.165) is 6.26 Å². The van der Waals surface area contributed by atoms with E-state index in [1.807, 2.05) is 0 Å². The zero-order valence-electron chi connectivity index (χ0n) is 23.5. The van der Waals surface area contributed by atoms with Crippen LogP contribution < -0.4 is 10.6 Å². The summed E-state index contributed by atoms with van der Waals surface area (Å²) in [5, 5.41) is 12.8. The lowest BCUT2D eigenvalue weighted by molar-refractivity contribution is -0.183. The Bertz CT molecular complexity index is 1580. The molecule has 2 saturated carbocycles. The monoisotopic (exact) mass is 648 g/mol. The molecule has 1 unspecified atom stereocenters. The van der Waals surface area contributed by atoms with Gasteiger partial charge in [-0.05, 0) is 50.2 Å². The molecule has 1 aliphatic heterocycles. The van der Waals surface area contributed by atoms with Crippen molar-refractivity contribution in [3.63, 3.8) is 0 Å². The number of nitrogens with zero attached hydrogens (tertiary/aromatic N) is 4. The molecule has 0 aromatic carbocycles. The third-order valence-corrected chi connectivity index (χ3v) is 9.17. The smallest absolute Gasteiger partial charge is 0.364 e. The van der Waals surface area contributed by atoms with Crippen molar-refractivity contribution >= 4 is 17.5 Å². The summed E-state index contributed by atoms with van der Waals surface area (Å²) in [6, 6.07) is 2.01. The molecule has 3 aromatic rings. The van der Waals surface area contributed by atoms with Crippen LogP contribution in [0.4, 0.5) is 35.1 Å². The summed E-state index contributed by atoms with van der Waals surface area (Å²) in [5.74, 6) is -7.57. The standard InChI is InChI=1S/C28H28F8N6O3/c29-26(30)5-3-14(4-6-26)21(39-24(44)18-13-45-41-22(18)25(7-8-25)28(34,35)36)19-12-42-20(38-19)2-1-17(40-42)10-15-9-16(27(31,32)33)11-37-23(15)43/h1-2,12-16,21H,3-11H2,(H,37,43)(H,39,44)/t15?,16-,21+/m1/s1. The van der Waals surface area contributed by atoms with Crippen LogP contribution in [0.5, 0.6) is 0 Å². The zero-order valence-corrected chi connectivity index (χ0v) is 23.5. The van der Waals surface area contributed by atoms with Gasteiger partial charge in [0.05, 0.1) is 29.5 Å². The van der Waals surface area contributed by atoms with E-state index in [4.69, 9.17) is 4.52 Å². The summed E-state index contributed by atoms with van der Waals surface area (Å²) in [4.78, 5) is 30.2. The van der Waals surface area contributed by atoms with E-state index in [2.05, 4.69) is 25.9 Å². The summed E-state index contributed by atoms with van der Waals surface area (Å²) < 4.78 is 115. The van der Waals surface area contributed by atoms with Gasteiger partial charge in [0.25, 0.3) is 5.91 Å². The van der Waals surface area contributed by atoms with Gasteiger partial charge in [-0.1, -0.05) is 5.16 Å². The van der Waals surface area contributed by atoms with Crippen molar-refractivity contribution in [2.45, 2.75) is 81.1 Å². The minimum absolute atomic E-state index is 0.00928. The lowest BCUT2D eigenvalue weighted by atomic mass is 9.81. The van der Waals surface area contributed by atoms with Crippen LogP contribution in [0.3, 0.4) is 0 Å². The van der Waals surface area contributed by atoms with E-state index in [1.165, 1.54) is 22.8 Å². The number of imidazole rings is 1. The number of hydrogen-bond donors (Lipinski definition) is 2. The molecule has 0 radical (unpaired) electrons. The van der Waals surface area contributed by atoms with Gasteiger partial charge in [0, 0.05) is 31.7 Å². The Labute approximate surface area is 250 Å². The molecule has 2 amide bonds. The summed E-state index contributed by atoms with van der Waals surface area (Å²) in [7, 11) is 0. The van der Waals surface area contributed by atoms with E-state index in [0.29, 0.717) is 5.69 Å². The Morgan fingerprint density at radius 3 is 2.47 bits per heavy atom. The van der Waals surface area contributed by atoms with Crippen molar-refractivity contribution in [3.8, 4) is 0 Å². The van der Waals surface area contributed by atoms with Crippen molar-refractivity contribution in [1.82, 2.24) is 30.4 Å². The molecule has 244 valence electrons. The molecule has 0 spiro atoms. The van der Waals surface area contributed by atoms with Crippen LogP contribution in [-0.4, -0.2) is 56.4 Å². The van der Waals surface area contributed by atoms with Gasteiger partial charge < -0.3 is 15.2 Å². The number of piperidine rings is 1. The van der Waals surface area contributed by atoms with Gasteiger partial charge in [0.15, 0.2) is 5.65 Å². The topological polar surface area (TPSA) is 114 Å². The van der Waals surface area contributed by atoms with E-state index in [-0.39, 0.29) is 43.4 Å². The molecule has 4 heterocycles. The van der Waals surface area contributed by atoms with E-state index >= 15 is 0 Å². The summed E-state index contributed by atoms with van der Waals surface area (Å²) in [6.45, 7) is -0.496. The van der Waals surface area contributed by atoms with Crippen molar-refractivity contribution in [1.29, 1.82) is 0 Å². The van der Waals surface area contributed by atoms with E-state index in [9.17, 15) is 44.7 Å². The minimum atomic E-state index is -4.66. The lowest BCUT2D eigenvalue weighted by Crippen LogP contribution is -2.47. The molecule has 17 heteroatoms. The Balaban J connectivity index is 1.26. The molecule has 3 aliphatic rings. The van der Waals surface area contributed by atoms with Crippen LogP contribution in [0.25, 0.3) is 5.65 Å². The van der Waals surface area contributed by atoms with Crippen LogP contribution in [0.15, 0.2) is 29.1 Å². The third kappa shape index (κ3) is 6.09. The summed E-state index contributed by atoms with van der Waals surface area (Å²) in [5.41, 5.74) is -2.50. The number of hydrogen-bond acceptors (Lipinski definition) is 6. The fourth-order valence-electron chi connectivity index (χ4n) is 6.35. The molecule has 1 saturated heterocycles. The average molecular weight is 649 g/mol. The van der Waals surface area contributed by atoms with Gasteiger partial charge in [-0.25, -0.2) is 18.3 Å². The van der Waals surface area contributed by atoms with E-state index in [1.54, 1.807) is 0 Å². The zero-order chi connectivity index (χ0) is 32.4. The highest BCUT2D eigenvalue weighted by atomic mass is 19.4. The first kappa shape index (κ1) is 31.2. The highest BCUT2D eigenvalue weighted by Gasteiger charge is 2.67. The number of halogens is 8. The molecular formula is C28H28F8N6O3. The molecule has 45 heavy (non-hydrogen) atoms. The quantitative estimate of drug-likeness (QED) is 0.329. The molecule has 2 N–H and O–H groups in total. The predicted molar refractivity (Wildman–Crippen MR) is 138 cm³/mol. The van der Waals surface area contributed by atoms with Gasteiger partial charge in [-0.3, -0.25) is 9.59 Å². The first-order chi connectivity index (χ1) is 21.1. The van der Waals surface area contributed by atoms with Gasteiger partial charge in [-0.15, -0.1) is 0 Å². The van der Waals surface area contributed by atoms with Crippen molar-refractivity contribution in [2.75, 3.05) is 6.54 Å². The molecule has 6 rings (SSSR count). The first-order valence-electron chi connectivity index (χ1n) is 14.5. The molecule has 9 nitrogen and oxygen atoms in total. The van der Waals surface area contributed by atoms with E-state index < -0.39 is 96.4 Å².